The van der Waals surface area contributed by atoms with E-state index in [1.165, 1.54) is 0 Å². The number of hydrogen-bond donors (Lipinski definition) is 1. The Morgan fingerprint density at radius 3 is 2.60 bits per heavy atom. The number of ether oxygens (including phenoxy) is 1. The summed E-state index contributed by atoms with van der Waals surface area (Å²) in [6, 6.07) is 0. The second-order valence-electron chi connectivity index (χ2n) is 2.98. The van der Waals surface area contributed by atoms with Gasteiger partial charge < -0.3 is 14.6 Å². The predicted molar refractivity (Wildman–Crippen MR) is 49.8 cm³/mol. The first-order valence-electron chi connectivity index (χ1n) is 4.34. The van der Waals surface area contributed by atoms with Gasteiger partial charge in [-0.1, -0.05) is 5.16 Å². The molecular weight excluding hydrogens is 200 g/mol. The van der Waals surface area contributed by atoms with Gasteiger partial charge in [0.05, 0.1) is 12.8 Å². The van der Waals surface area contributed by atoms with Crippen LogP contribution in [0.5, 0.6) is 0 Å². The zero-order chi connectivity index (χ0) is 11.4. The van der Waals surface area contributed by atoms with Crippen LogP contribution in [0, 0.1) is 13.8 Å². The highest BCUT2D eigenvalue weighted by molar-refractivity contribution is 6.32. The molecule has 0 bridgehead atoms. The number of nitrogens with zero attached hydrogens (tertiary/aromatic N) is 1. The van der Waals surface area contributed by atoms with Crippen molar-refractivity contribution >= 4 is 11.9 Å². The molecule has 0 aromatic carbocycles. The number of carbonyl (C=O) groups excluding carboxylic acids is 2. The third-order valence-corrected chi connectivity index (χ3v) is 1.98. The summed E-state index contributed by atoms with van der Waals surface area (Å²) in [5, 5.41) is 6.12. The number of carbonyl (C=O) groups is 2. The van der Waals surface area contributed by atoms with E-state index in [1.807, 2.05) is 0 Å². The smallest absolute Gasteiger partial charge is 0.396 e. The maximum absolute atomic E-state index is 11.1. The van der Waals surface area contributed by atoms with Gasteiger partial charge in [0.25, 0.3) is 0 Å². The molecule has 1 aromatic heterocycles. The Morgan fingerprint density at radius 1 is 1.47 bits per heavy atom. The zero-order valence-electron chi connectivity index (χ0n) is 8.79. The van der Waals surface area contributed by atoms with E-state index in [1.54, 1.807) is 13.8 Å². The highest BCUT2D eigenvalue weighted by Crippen LogP contribution is 2.11. The SMILES string of the molecule is COC(=O)C(=O)NCc1c(C)noc1C. The van der Waals surface area contributed by atoms with Crippen LogP contribution in [0.25, 0.3) is 0 Å². The van der Waals surface area contributed by atoms with Gasteiger partial charge in [0, 0.05) is 12.1 Å². The number of aromatic nitrogens is 1. The van der Waals surface area contributed by atoms with Gasteiger partial charge in [-0.3, -0.25) is 4.79 Å². The molecule has 6 heteroatoms. The molecule has 15 heavy (non-hydrogen) atoms. The third-order valence-electron chi connectivity index (χ3n) is 1.98. The highest BCUT2D eigenvalue weighted by Gasteiger charge is 2.15. The van der Waals surface area contributed by atoms with Crippen LogP contribution in [0.4, 0.5) is 0 Å². The average Bonchev–Trinajstić information content (AvgIpc) is 2.54. The number of amides is 1. The van der Waals surface area contributed by atoms with Crippen molar-refractivity contribution in [2.24, 2.45) is 0 Å². The molecular formula is C9H12N2O4. The van der Waals surface area contributed by atoms with E-state index >= 15 is 0 Å². The van der Waals surface area contributed by atoms with Crippen LogP contribution in [-0.2, 0) is 20.9 Å². The Hall–Kier alpha value is -1.85. The van der Waals surface area contributed by atoms with Gasteiger partial charge in [-0.25, -0.2) is 4.79 Å². The van der Waals surface area contributed by atoms with Crippen LogP contribution in [0.1, 0.15) is 17.0 Å². The first kappa shape index (κ1) is 11.2. The van der Waals surface area contributed by atoms with Crippen molar-refractivity contribution in [1.82, 2.24) is 10.5 Å². The molecule has 0 unspecified atom stereocenters. The van der Waals surface area contributed by atoms with E-state index in [-0.39, 0.29) is 6.54 Å². The minimum atomic E-state index is -0.915. The molecule has 82 valence electrons. The topological polar surface area (TPSA) is 81.4 Å². The van der Waals surface area contributed by atoms with Crippen LogP contribution < -0.4 is 5.32 Å². The largest absolute Gasteiger partial charge is 0.462 e. The van der Waals surface area contributed by atoms with Crippen LogP contribution in [0.15, 0.2) is 4.52 Å². The van der Waals surface area contributed by atoms with E-state index < -0.39 is 11.9 Å². The standard InChI is InChI=1S/C9H12N2O4/c1-5-7(6(2)15-11-5)4-10-8(12)9(13)14-3/h4H2,1-3H3,(H,10,12). The Bertz CT molecular complexity index is 364. The molecule has 0 aliphatic rings. The van der Waals surface area contributed by atoms with E-state index in [4.69, 9.17) is 4.52 Å². The number of rotatable bonds is 2. The van der Waals surface area contributed by atoms with Crippen molar-refractivity contribution in [2.75, 3.05) is 7.11 Å². The normalized spacial score (nSPS) is 9.80. The molecule has 1 heterocycles. The van der Waals surface area contributed by atoms with Crippen LogP contribution in [-0.4, -0.2) is 24.1 Å². The fraction of sp³-hybridized carbons (Fsp3) is 0.444. The van der Waals surface area contributed by atoms with Crippen LogP contribution in [0.3, 0.4) is 0 Å². The monoisotopic (exact) mass is 212 g/mol. The molecule has 1 aromatic rings. The van der Waals surface area contributed by atoms with E-state index in [9.17, 15) is 9.59 Å². The molecule has 0 aliphatic heterocycles. The Morgan fingerprint density at radius 2 is 2.13 bits per heavy atom. The molecule has 0 fully saturated rings. The molecule has 1 amide bonds. The molecule has 0 radical (unpaired) electrons. The fourth-order valence-electron chi connectivity index (χ4n) is 1.09. The van der Waals surface area contributed by atoms with Crippen molar-refractivity contribution < 1.29 is 18.8 Å². The highest BCUT2D eigenvalue weighted by atomic mass is 16.5. The molecule has 0 spiro atoms. The summed E-state index contributed by atoms with van der Waals surface area (Å²) >= 11 is 0. The second kappa shape index (κ2) is 4.59. The quantitative estimate of drug-likeness (QED) is 0.554. The average molecular weight is 212 g/mol. The number of methoxy groups -OCH3 is 1. The van der Waals surface area contributed by atoms with E-state index in [0.29, 0.717) is 11.5 Å². The van der Waals surface area contributed by atoms with Gasteiger partial charge in [0.2, 0.25) is 0 Å². The molecule has 0 saturated heterocycles. The molecule has 0 saturated carbocycles. The lowest BCUT2D eigenvalue weighted by Crippen LogP contribution is -2.31. The molecule has 0 aliphatic carbocycles. The van der Waals surface area contributed by atoms with Crippen molar-refractivity contribution in [3.05, 3.63) is 17.0 Å². The summed E-state index contributed by atoms with van der Waals surface area (Å²) in [7, 11) is 1.15. The number of aryl methyl sites for hydroxylation is 2. The predicted octanol–water partition coefficient (Wildman–Crippen LogP) is 0.0806. The Kier molecular flexibility index (Phi) is 3.43. The first-order chi connectivity index (χ1) is 7.06. The summed E-state index contributed by atoms with van der Waals surface area (Å²) in [5.74, 6) is -1.07. The molecule has 1 rings (SSSR count). The van der Waals surface area contributed by atoms with Gasteiger partial charge in [0.15, 0.2) is 0 Å². The van der Waals surface area contributed by atoms with Gasteiger partial charge in [0.1, 0.15) is 5.76 Å². The van der Waals surface area contributed by atoms with Crippen LogP contribution >= 0.6 is 0 Å². The minimum absolute atomic E-state index is 0.203. The van der Waals surface area contributed by atoms with Crippen molar-refractivity contribution in [3.63, 3.8) is 0 Å². The number of nitrogens with one attached hydrogen (secondary N) is 1. The number of hydrogen-bond acceptors (Lipinski definition) is 5. The maximum atomic E-state index is 11.1. The Balaban J connectivity index is 2.58. The van der Waals surface area contributed by atoms with Gasteiger partial charge in [-0.15, -0.1) is 0 Å². The summed E-state index contributed by atoms with van der Waals surface area (Å²) in [4.78, 5) is 21.8. The fourth-order valence-corrected chi connectivity index (χ4v) is 1.09. The van der Waals surface area contributed by atoms with Crippen molar-refractivity contribution in [3.8, 4) is 0 Å². The molecule has 6 nitrogen and oxygen atoms in total. The van der Waals surface area contributed by atoms with Crippen molar-refractivity contribution in [2.45, 2.75) is 20.4 Å². The summed E-state index contributed by atoms with van der Waals surface area (Å²) < 4.78 is 9.15. The van der Waals surface area contributed by atoms with E-state index in [2.05, 4.69) is 15.2 Å². The number of esters is 1. The lowest BCUT2D eigenvalue weighted by Gasteiger charge is -2.02. The lowest BCUT2D eigenvalue weighted by molar-refractivity contribution is -0.152. The summed E-state index contributed by atoms with van der Waals surface area (Å²) in [6.07, 6.45) is 0. The summed E-state index contributed by atoms with van der Waals surface area (Å²) in [5.41, 5.74) is 1.46. The zero-order valence-corrected chi connectivity index (χ0v) is 8.79. The van der Waals surface area contributed by atoms with Crippen LogP contribution in [0.2, 0.25) is 0 Å². The first-order valence-corrected chi connectivity index (χ1v) is 4.34. The minimum Gasteiger partial charge on any atom is -0.462 e. The molecule has 1 N–H and O–H groups in total. The maximum Gasteiger partial charge on any atom is 0.396 e. The van der Waals surface area contributed by atoms with Gasteiger partial charge >= 0.3 is 11.9 Å². The third kappa shape index (κ3) is 2.55. The Labute approximate surface area is 86.6 Å². The molecule has 0 atom stereocenters. The lowest BCUT2D eigenvalue weighted by atomic mass is 10.2. The second-order valence-corrected chi connectivity index (χ2v) is 2.98. The van der Waals surface area contributed by atoms with Gasteiger partial charge in [-0.05, 0) is 13.8 Å². The summed E-state index contributed by atoms with van der Waals surface area (Å²) in [6.45, 7) is 3.70. The van der Waals surface area contributed by atoms with Crippen molar-refractivity contribution in [1.29, 1.82) is 0 Å². The van der Waals surface area contributed by atoms with Gasteiger partial charge in [-0.2, -0.15) is 0 Å². The van der Waals surface area contributed by atoms with E-state index in [0.717, 1.165) is 12.7 Å².